The largest absolute Gasteiger partial charge is 0.508 e. The van der Waals surface area contributed by atoms with Crippen LogP contribution in [0.5, 0.6) is 17.2 Å². The van der Waals surface area contributed by atoms with Gasteiger partial charge in [0.25, 0.3) is 5.91 Å². The van der Waals surface area contributed by atoms with Crippen LogP contribution in [0.3, 0.4) is 0 Å². The number of hydrogen-bond acceptors (Lipinski definition) is 11. The molecule has 52 heavy (non-hydrogen) atoms. The molecule has 0 spiro atoms. The highest BCUT2D eigenvalue weighted by atomic mass is 16.5. The highest BCUT2D eigenvalue weighted by Crippen LogP contribution is 2.45. The van der Waals surface area contributed by atoms with E-state index in [-0.39, 0.29) is 35.9 Å². The average molecular weight is 708 g/mol. The molecule has 6 aliphatic heterocycles. The lowest BCUT2D eigenvalue weighted by atomic mass is 9.79. The lowest BCUT2D eigenvalue weighted by molar-refractivity contribution is -0.136. The number of phenols is 1. The second kappa shape index (κ2) is 13.3. The van der Waals surface area contributed by atoms with Gasteiger partial charge in [-0.1, -0.05) is 13.0 Å². The Morgan fingerprint density at radius 1 is 0.942 bits per heavy atom. The molecular weight excluding hydrogens is 662 g/mol. The van der Waals surface area contributed by atoms with Gasteiger partial charge in [0.15, 0.2) is 0 Å². The minimum Gasteiger partial charge on any atom is -0.508 e. The molecule has 1 aromatic heterocycles. The topological polar surface area (TPSA) is 141 Å². The van der Waals surface area contributed by atoms with E-state index >= 15 is 0 Å². The van der Waals surface area contributed by atoms with Gasteiger partial charge in [-0.2, -0.15) is 0 Å². The zero-order chi connectivity index (χ0) is 35.5. The van der Waals surface area contributed by atoms with Gasteiger partial charge >= 0.3 is 0 Å². The first-order valence-electron chi connectivity index (χ1n) is 18.8. The van der Waals surface area contributed by atoms with Gasteiger partial charge in [0.05, 0.1) is 24.9 Å². The smallest absolute Gasteiger partial charge is 0.255 e. The summed E-state index contributed by atoms with van der Waals surface area (Å²) in [6, 6.07) is 8.86. The van der Waals surface area contributed by atoms with Crippen LogP contribution >= 0.6 is 0 Å². The molecule has 13 nitrogen and oxygen atoms in total. The number of benzene rings is 2. The summed E-state index contributed by atoms with van der Waals surface area (Å²) in [5, 5.41) is 12.4. The number of carbonyl (C=O) groups excluding carboxylic acids is 3. The summed E-state index contributed by atoms with van der Waals surface area (Å²) in [6.07, 6.45) is 7.70. The number of nitrogens with zero attached hydrogens (tertiary/aromatic N) is 6. The molecule has 0 saturated carbocycles. The minimum atomic E-state index is -0.639. The fraction of sp³-hybridized carbons (Fsp3) is 0.513. The van der Waals surface area contributed by atoms with Gasteiger partial charge in [-0.25, -0.2) is 9.97 Å². The second-order valence-corrected chi connectivity index (χ2v) is 15.2. The third-order valence-corrected chi connectivity index (χ3v) is 12.2. The van der Waals surface area contributed by atoms with Gasteiger partial charge in [-0.3, -0.25) is 24.6 Å². The summed E-state index contributed by atoms with van der Waals surface area (Å²) in [5.41, 5.74) is 4.62. The Hall–Kier alpha value is -4.91. The maximum Gasteiger partial charge on any atom is 0.255 e. The highest BCUT2D eigenvalue weighted by molar-refractivity contribution is 6.06. The molecule has 3 amide bonds. The van der Waals surface area contributed by atoms with Crippen molar-refractivity contribution in [2.24, 2.45) is 11.8 Å². The van der Waals surface area contributed by atoms with Crippen LogP contribution in [-0.4, -0.2) is 107 Å². The van der Waals surface area contributed by atoms with E-state index in [1.165, 1.54) is 0 Å². The first kappa shape index (κ1) is 33.0. The van der Waals surface area contributed by atoms with E-state index in [1.807, 2.05) is 30.6 Å². The first-order chi connectivity index (χ1) is 25.3. The summed E-state index contributed by atoms with van der Waals surface area (Å²) in [5.74, 6) is 2.70. The van der Waals surface area contributed by atoms with Gasteiger partial charge in [0, 0.05) is 92.7 Å². The van der Waals surface area contributed by atoms with Crippen molar-refractivity contribution in [2.45, 2.75) is 63.6 Å². The monoisotopic (exact) mass is 707 g/mol. The molecule has 3 fully saturated rings. The Morgan fingerprint density at radius 2 is 1.77 bits per heavy atom. The zero-order valence-electron chi connectivity index (χ0n) is 29.5. The molecule has 3 saturated heterocycles. The third kappa shape index (κ3) is 5.79. The number of nitrogens with one attached hydrogen (secondary N) is 1. The molecule has 1 unspecified atom stereocenters. The fourth-order valence-corrected chi connectivity index (χ4v) is 9.31. The Labute approximate surface area is 302 Å². The van der Waals surface area contributed by atoms with E-state index in [9.17, 15) is 19.5 Å². The SMILES string of the molecule is CC[C@H]1COc2cc(O)ccc2[C@H]1c1cnc(N2CCC(CN3CCN4c5ccc6c(c5OC[C@@H]4C3)CN(C3CCC(=O)NC3=O)C6=O)CC2)nc1. The Bertz CT molecular complexity index is 1900. The lowest BCUT2D eigenvalue weighted by Gasteiger charge is -2.47. The predicted molar refractivity (Wildman–Crippen MR) is 192 cm³/mol. The molecule has 4 atom stereocenters. The number of ether oxygens (including phenoxy) is 2. The molecule has 0 radical (unpaired) electrons. The van der Waals surface area contributed by atoms with E-state index in [0.29, 0.717) is 43.6 Å². The van der Waals surface area contributed by atoms with Crippen LogP contribution in [0.2, 0.25) is 0 Å². The Kier molecular flexibility index (Phi) is 8.40. The quantitative estimate of drug-likeness (QED) is 0.365. The molecule has 2 N–H and O–H groups in total. The van der Waals surface area contributed by atoms with E-state index in [0.717, 1.165) is 98.4 Å². The summed E-state index contributed by atoms with van der Waals surface area (Å²) in [6.45, 7) is 9.37. The fourth-order valence-electron chi connectivity index (χ4n) is 9.31. The van der Waals surface area contributed by atoms with Crippen molar-refractivity contribution in [3.05, 3.63) is 65.0 Å². The summed E-state index contributed by atoms with van der Waals surface area (Å²) in [7, 11) is 0. The summed E-state index contributed by atoms with van der Waals surface area (Å²) >= 11 is 0. The number of piperidine rings is 2. The second-order valence-electron chi connectivity index (χ2n) is 15.2. The number of imide groups is 1. The van der Waals surface area contributed by atoms with Crippen molar-refractivity contribution in [3.63, 3.8) is 0 Å². The van der Waals surface area contributed by atoms with Crippen molar-refractivity contribution in [1.29, 1.82) is 0 Å². The summed E-state index contributed by atoms with van der Waals surface area (Å²) in [4.78, 5) is 56.2. The van der Waals surface area contributed by atoms with Crippen molar-refractivity contribution in [2.75, 3.05) is 62.3 Å². The van der Waals surface area contributed by atoms with E-state index in [2.05, 4.69) is 26.9 Å². The average Bonchev–Trinajstić information content (AvgIpc) is 3.50. The van der Waals surface area contributed by atoms with E-state index < -0.39 is 11.9 Å². The molecule has 3 aromatic rings. The molecule has 9 rings (SSSR count). The standard InChI is InChI=1S/C39H45N7O6/c1-2-24-21-51-33-15-27(47)3-4-29(33)35(24)25-16-40-39(41-17-25)44-11-9-23(10-12-44)18-43-13-14-45-26(19-43)22-52-36-30-20-46(32-7-8-34(48)42-37(32)49)38(50)28(30)5-6-31(36)45/h3-6,15-17,23-24,26,32,35,47H,2,7-14,18-22H2,1H3,(H,42,48,49)/t24-,26-,32?,35+/m0/s1. The molecule has 2 aromatic carbocycles. The number of hydrogen-bond donors (Lipinski definition) is 2. The van der Waals surface area contributed by atoms with Gasteiger partial charge in [-0.05, 0) is 55.4 Å². The molecule has 6 aliphatic rings. The van der Waals surface area contributed by atoms with Gasteiger partial charge in [0.1, 0.15) is 29.9 Å². The van der Waals surface area contributed by atoms with Gasteiger partial charge in [0.2, 0.25) is 17.8 Å². The van der Waals surface area contributed by atoms with Crippen molar-refractivity contribution >= 4 is 29.4 Å². The van der Waals surface area contributed by atoms with Crippen LogP contribution < -0.4 is 24.6 Å². The number of amides is 3. The van der Waals surface area contributed by atoms with Crippen LogP contribution in [0.25, 0.3) is 0 Å². The number of carbonyl (C=O) groups is 3. The maximum absolute atomic E-state index is 13.3. The van der Waals surface area contributed by atoms with Crippen LogP contribution in [-0.2, 0) is 16.1 Å². The number of piperazine rings is 1. The number of phenolic OH excluding ortho intramolecular Hbond substituents is 1. The van der Waals surface area contributed by atoms with Crippen LogP contribution in [0.4, 0.5) is 11.6 Å². The number of aromatic hydroxyl groups is 1. The molecular formula is C39H45N7O6. The van der Waals surface area contributed by atoms with Crippen LogP contribution in [0.15, 0.2) is 42.7 Å². The molecule has 272 valence electrons. The molecule has 7 heterocycles. The Morgan fingerprint density at radius 3 is 2.56 bits per heavy atom. The maximum atomic E-state index is 13.3. The van der Waals surface area contributed by atoms with Crippen molar-refractivity contribution in [3.8, 4) is 17.2 Å². The number of fused-ring (bicyclic) bond motifs is 6. The zero-order valence-corrected chi connectivity index (χ0v) is 29.5. The molecule has 0 bridgehead atoms. The van der Waals surface area contributed by atoms with Gasteiger partial charge in [-0.15, -0.1) is 0 Å². The third-order valence-electron chi connectivity index (χ3n) is 12.2. The van der Waals surface area contributed by atoms with Crippen molar-refractivity contribution in [1.82, 2.24) is 25.1 Å². The minimum absolute atomic E-state index is 0.137. The van der Waals surface area contributed by atoms with Crippen molar-refractivity contribution < 1.29 is 29.0 Å². The van der Waals surface area contributed by atoms with Gasteiger partial charge < -0.3 is 29.3 Å². The first-order valence-corrected chi connectivity index (χ1v) is 18.8. The van der Waals surface area contributed by atoms with E-state index in [4.69, 9.17) is 19.4 Å². The predicted octanol–water partition coefficient (Wildman–Crippen LogP) is 3.29. The highest BCUT2D eigenvalue weighted by Gasteiger charge is 2.43. The van der Waals surface area contributed by atoms with Crippen LogP contribution in [0, 0.1) is 11.8 Å². The normalized spacial score (nSPS) is 26.2. The van der Waals surface area contributed by atoms with E-state index in [1.54, 1.807) is 17.0 Å². The van der Waals surface area contributed by atoms with Crippen LogP contribution in [0.1, 0.15) is 72.0 Å². The number of rotatable bonds is 6. The molecule has 0 aliphatic carbocycles. The molecule has 13 heteroatoms. The number of aromatic nitrogens is 2. The Balaban J connectivity index is 0.797. The summed E-state index contributed by atoms with van der Waals surface area (Å²) < 4.78 is 12.4. The number of anilines is 2. The lowest BCUT2D eigenvalue weighted by Crippen LogP contribution is -2.58.